The van der Waals surface area contributed by atoms with Crippen LogP contribution in [0.5, 0.6) is 17.2 Å². The van der Waals surface area contributed by atoms with Gasteiger partial charge >= 0.3 is 0 Å². The Balaban J connectivity index is 1.77. The zero-order valence-electron chi connectivity index (χ0n) is 23.2. The Bertz CT molecular complexity index is 1010. The highest BCUT2D eigenvalue weighted by atomic mass is 35.5. The molecule has 7 heteroatoms. The first-order valence-electron chi connectivity index (χ1n) is 13.3. The van der Waals surface area contributed by atoms with Crippen LogP contribution in [0, 0.1) is 0 Å². The molecule has 0 aliphatic heterocycles. The van der Waals surface area contributed by atoms with Gasteiger partial charge in [0, 0.05) is 24.1 Å². The number of ether oxygens (including phenoxy) is 3. The van der Waals surface area contributed by atoms with Crippen molar-refractivity contribution < 1.29 is 19.0 Å². The molecule has 0 heterocycles. The molecule has 0 fully saturated rings. The first-order valence-corrected chi connectivity index (χ1v) is 14.1. The van der Waals surface area contributed by atoms with Gasteiger partial charge in [-0.25, -0.2) is 0 Å². The SMILES string of the molecule is CCC(C)(C)Oc1ccc(CCCCNC(=O)CCCOc2ccc(Cl)cc2Cl)c(OC(C)(C)CC)c1. The summed E-state index contributed by atoms with van der Waals surface area (Å²) in [6.45, 7) is 13.7. The molecule has 0 bridgehead atoms. The van der Waals surface area contributed by atoms with Gasteiger partial charge in [-0.05, 0) is 96.0 Å². The second-order valence-corrected chi connectivity index (χ2v) is 11.4. The molecule has 0 saturated carbocycles. The fraction of sp³-hybridized carbons (Fsp3) is 0.567. The maximum absolute atomic E-state index is 12.2. The highest BCUT2D eigenvalue weighted by molar-refractivity contribution is 6.35. The van der Waals surface area contributed by atoms with Crippen molar-refractivity contribution in [1.29, 1.82) is 0 Å². The highest BCUT2D eigenvalue weighted by Crippen LogP contribution is 2.32. The lowest BCUT2D eigenvalue weighted by Crippen LogP contribution is -2.28. The summed E-state index contributed by atoms with van der Waals surface area (Å²) in [5, 5.41) is 4.03. The third-order valence-electron chi connectivity index (χ3n) is 6.42. The maximum Gasteiger partial charge on any atom is 0.220 e. The van der Waals surface area contributed by atoms with Crippen molar-refractivity contribution in [3.05, 3.63) is 52.0 Å². The molecule has 1 amide bonds. The minimum absolute atomic E-state index is 0.0274. The van der Waals surface area contributed by atoms with Gasteiger partial charge in [0.25, 0.3) is 0 Å². The molecule has 2 rings (SSSR count). The molecule has 1 N–H and O–H groups in total. The lowest BCUT2D eigenvalue weighted by molar-refractivity contribution is -0.121. The van der Waals surface area contributed by atoms with E-state index in [9.17, 15) is 4.79 Å². The number of hydrogen-bond donors (Lipinski definition) is 1. The maximum atomic E-state index is 12.2. The topological polar surface area (TPSA) is 56.8 Å². The number of carbonyl (C=O) groups is 1. The largest absolute Gasteiger partial charge is 0.492 e. The van der Waals surface area contributed by atoms with Crippen molar-refractivity contribution in [1.82, 2.24) is 5.32 Å². The molecule has 0 saturated heterocycles. The van der Waals surface area contributed by atoms with Crippen molar-refractivity contribution in [3.8, 4) is 17.2 Å². The molecule has 0 radical (unpaired) electrons. The fourth-order valence-corrected chi connectivity index (χ4v) is 3.89. The van der Waals surface area contributed by atoms with Crippen molar-refractivity contribution in [2.75, 3.05) is 13.2 Å². The minimum Gasteiger partial charge on any atom is -0.492 e. The molecule has 0 spiro atoms. The van der Waals surface area contributed by atoms with Gasteiger partial charge in [0.2, 0.25) is 5.91 Å². The Morgan fingerprint density at radius 1 is 0.865 bits per heavy atom. The van der Waals surface area contributed by atoms with Crippen molar-refractivity contribution in [3.63, 3.8) is 0 Å². The van der Waals surface area contributed by atoms with Crippen LogP contribution in [-0.2, 0) is 11.2 Å². The van der Waals surface area contributed by atoms with Crippen LogP contribution in [0.15, 0.2) is 36.4 Å². The summed E-state index contributed by atoms with van der Waals surface area (Å²) in [5.74, 6) is 2.30. The highest BCUT2D eigenvalue weighted by Gasteiger charge is 2.21. The molecule has 2 aromatic carbocycles. The van der Waals surface area contributed by atoms with E-state index in [1.54, 1.807) is 18.2 Å². The van der Waals surface area contributed by atoms with E-state index >= 15 is 0 Å². The van der Waals surface area contributed by atoms with Gasteiger partial charge in [0.15, 0.2) is 0 Å². The minimum atomic E-state index is -0.260. The summed E-state index contributed by atoms with van der Waals surface area (Å²) in [7, 11) is 0. The van der Waals surface area contributed by atoms with Crippen LogP contribution in [-0.4, -0.2) is 30.3 Å². The van der Waals surface area contributed by atoms with E-state index in [1.807, 2.05) is 12.1 Å². The van der Waals surface area contributed by atoms with Gasteiger partial charge in [0.1, 0.15) is 28.5 Å². The lowest BCUT2D eigenvalue weighted by atomic mass is 10.0. The number of hydrogen-bond acceptors (Lipinski definition) is 4. The number of nitrogens with one attached hydrogen (secondary N) is 1. The molecule has 5 nitrogen and oxygen atoms in total. The number of rotatable bonds is 16. The van der Waals surface area contributed by atoms with Crippen LogP contribution >= 0.6 is 23.2 Å². The molecular formula is C30H43Cl2NO4. The van der Waals surface area contributed by atoms with E-state index in [-0.39, 0.29) is 17.1 Å². The van der Waals surface area contributed by atoms with Crippen LogP contribution in [0.3, 0.4) is 0 Å². The van der Waals surface area contributed by atoms with E-state index in [0.717, 1.165) is 49.2 Å². The summed E-state index contributed by atoms with van der Waals surface area (Å²) in [6.07, 6.45) is 5.55. The number of unbranched alkanes of at least 4 members (excludes halogenated alkanes) is 1. The zero-order valence-corrected chi connectivity index (χ0v) is 24.7. The number of halogens is 2. The Hall–Kier alpha value is -2.11. The molecule has 0 aliphatic rings. The third-order valence-corrected chi connectivity index (χ3v) is 6.95. The van der Waals surface area contributed by atoms with Crippen LogP contribution in [0.2, 0.25) is 10.0 Å². The van der Waals surface area contributed by atoms with E-state index in [0.29, 0.717) is 41.8 Å². The summed E-state index contributed by atoms with van der Waals surface area (Å²) >= 11 is 12.0. The molecule has 37 heavy (non-hydrogen) atoms. The number of benzene rings is 2. The summed E-state index contributed by atoms with van der Waals surface area (Å²) < 4.78 is 18.2. The van der Waals surface area contributed by atoms with Crippen LogP contribution in [0.25, 0.3) is 0 Å². The van der Waals surface area contributed by atoms with E-state index in [2.05, 4.69) is 52.9 Å². The van der Waals surface area contributed by atoms with Crippen LogP contribution in [0.1, 0.15) is 85.6 Å². The Morgan fingerprint density at radius 3 is 2.24 bits per heavy atom. The Kier molecular flexibility index (Phi) is 12.4. The second kappa shape index (κ2) is 14.7. The normalized spacial score (nSPS) is 11.8. The second-order valence-electron chi connectivity index (χ2n) is 10.5. The lowest BCUT2D eigenvalue weighted by Gasteiger charge is -2.29. The van der Waals surface area contributed by atoms with Gasteiger partial charge in [-0.1, -0.05) is 43.1 Å². The van der Waals surface area contributed by atoms with Gasteiger partial charge in [-0.15, -0.1) is 0 Å². The van der Waals surface area contributed by atoms with E-state index < -0.39 is 0 Å². The number of amides is 1. The summed E-state index contributed by atoms with van der Waals surface area (Å²) in [4.78, 5) is 12.2. The third kappa shape index (κ3) is 11.4. The predicted octanol–water partition coefficient (Wildman–Crippen LogP) is 8.43. The predicted molar refractivity (Wildman–Crippen MR) is 154 cm³/mol. The van der Waals surface area contributed by atoms with Gasteiger partial charge in [-0.3, -0.25) is 4.79 Å². The van der Waals surface area contributed by atoms with Crippen molar-refractivity contribution in [2.45, 2.75) is 97.7 Å². The molecule has 0 atom stereocenters. The summed E-state index contributed by atoms with van der Waals surface area (Å²) in [6, 6.07) is 11.3. The van der Waals surface area contributed by atoms with Gasteiger partial charge in [-0.2, -0.15) is 0 Å². The monoisotopic (exact) mass is 551 g/mol. The van der Waals surface area contributed by atoms with E-state index in [1.165, 1.54) is 0 Å². The molecule has 0 aromatic heterocycles. The van der Waals surface area contributed by atoms with Crippen molar-refractivity contribution >= 4 is 29.1 Å². The zero-order chi connectivity index (χ0) is 27.5. The number of carbonyl (C=O) groups excluding carboxylic acids is 1. The first kappa shape index (κ1) is 31.1. The molecule has 2 aromatic rings. The molecule has 0 unspecified atom stereocenters. The van der Waals surface area contributed by atoms with Gasteiger partial charge < -0.3 is 19.5 Å². The number of aryl methyl sites for hydroxylation is 1. The molecule has 206 valence electrons. The first-order chi connectivity index (χ1) is 17.4. The van der Waals surface area contributed by atoms with Crippen LogP contribution < -0.4 is 19.5 Å². The smallest absolute Gasteiger partial charge is 0.220 e. The van der Waals surface area contributed by atoms with Crippen LogP contribution in [0.4, 0.5) is 0 Å². The molecular weight excluding hydrogens is 509 g/mol. The average Bonchev–Trinajstić information content (AvgIpc) is 2.83. The summed E-state index contributed by atoms with van der Waals surface area (Å²) in [5.41, 5.74) is 0.670. The van der Waals surface area contributed by atoms with Gasteiger partial charge in [0.05, 0.1) is 11.6 Å². The molecule has 0 aliphatic carbocycles. The quantitative estimate of drug-likeness (QED) is 0.212. The average molecular weight is 553 g/mol. The van der Waals surface area contributed by atoms with Crippen molar-refractivity contribution in [2.24, 2.45) is 0 Å². The van der Waals surface area contributed by atoms with E-state index in [4.69, 9.17) is 37.4 Å². The Morgan fingerprint density at radius 2 is 1.57 bits per heavy atom. The fourth-order valence-electron chi connectivity index (χ4n) is 3.42. The Labute approximate surface area is 233 Å². The standard InChI is InChI=1S/C30H43Cl2NO4/c1-7-29(3,4)36-24-16-14-22(27(21-24)37-30(5,6)8-2)12-9-10-18-33-28(34)13-11-19-35-26-17-15-23(31)20-25(26)32/h14-17,20-21H,7-13,18-19H2,1-6H3,(H,33,34).